The Bertz CT molecular complexity index is 653. The summed E-state index contributed by atoms with van der Waals surface area (Å²) in [6, 6.07) is 4.80. The highest BCUT2D eigenvalue weighted by atomic mass is 16.5. The molecule has 2 rings (SSSR count). The molecule has 0 bridgehead atoms. The number of carbonyl (C=O) groups excluding carboxylic acids is 2. The van der Waals surface area contributed by atoms with Crippen molar-refractivity contribution in [2.75, 3.05) is 17.7 Å². The van der Waals surface area contributed by atoms with E-state index in [0.29, 0.717) is 17.1 Å². The molecule has 7 heteroatoms. The average molecular weight is 348 g/mol. The molecule has 3 N–H and O–H groups in total. The lowest BCUT2D eigenvalue weighted by molar-refractivity contribution is -0.144. The van der Waals surface area contributed by atoms with Crippen LogP contribution >= 0.6 is 0 Å². The van der Waals surface area contributed by atoms with E-state index < -0.39 is 17.8 Å². The largest absolute Gasteiger partial charge is 0.495 e. The number of methoxy groups -OCH3 is 1. The molecule has 0 spiro atoms. The minimum atomic E-state index is -1.20. The Morgan fingerprint density at radius 1 is 1.16 bits per heavy atom. The van der Waals surface area contributed by atoms with Crippen LogP contribution < -0.4 is 15.4 Å². The van der Waals surface area contributed by atoms with Gasteiger partial charge in [-0.15, -0.1) is 0 Å². The lowest BCUT2D eigenvalue weighted by Gasteiger charge is -2.21. The predicted octanol–water partition coefficient (Wildman–Crippen LogP) is 2.87. The highest BCUT2D eigenvalue weighted by Crippen LogP contribution is 2.30. The SMILES string of the molecule is COc1ccc(NC(=O)C(C)C(=O)O)cc1NC(=O)C1CCCCC1. The minimum Gasteiger partial charge on any atom is -0.495 e. The van der Waals surface area contributed by atoms with Crippen LogP contribution in [-0.2, 0) is 14.4 Å². The highest BCUT2D eigenvalue weighted by Gasteiger charge is 2.23. The van der Waals surface area contributed by atoms with Crippen LogP contribution in [0.25, 0.3) is 0 Å². The normalized spacial score (nSPS) is 15.9. The van der Waals surface area contributed by atoms with Crippen molar-refractivity contribution in [3.8, 4) is 5.75 Å². The predicted molar refractivity (Wildman–Crippen MR) is 93.6 cm³/mol. The van der Waals surface area contributed by atoms with Crippen molar-refractivity contribution in [3.05, 3.63) is 18.2 Å². The van der Waals surface area contributed by atoms with E-state index in [2.05, 4.69) is 10.6 Å². The number of aliphatic carboxylic acids is 1. The van der Waals surface area contributed by atoms with Gasteiger partial charge < -0.3 is 20.5 Å². The number of hydrogen-bond acceptors (Lipinski definition) is 4. The molecule has 1 aromatic carbocycles. The standard InChI is InChI=1S/C18H24N2O5/c1-11(18(23)24)16(21)19-13-8-9-15(25-2)14(10-13)20-17(22)12-6-4-3-5-7-12/h8-12H,3-7H2,1-2H3,(H,19,21)(H,20,22)(H,23,24). The molecule has 0 aromatic heterocycles. The number of carboxylic acid groups (broad SMARTS) is 1. The van der Waals surface area contributed by atoms with E-state index in [1.165, 1.54) is 14.0 Å². The van der Waals surface area contributed by atoms with Gasteiger partial charge in [-0.25, -0.2) is 0 Å². The molecule has 1 aromatic rings. The van der Waals surface area contributed by atoms with Gasteiger partial charge in [-0.1, -0.05) is 19.3 Å². The Morgan fingerprint density at radius 3 is 2.44 bits per heavy atom. The molecule has 25 heavy (non-hydrogen) atoms. The van der Waals surface area contributed by atoms with Crippen molar-refractivity contribution in [1.82, 2.24) is 0 Å². The third kappa shape index (κ3) is 4.95. The summed E-state index contributed by atoms with van der Waals surface area (Å²) in [6.45, 7) is 1.31. The average Bonchev–Trinajstić information content (AvgIpc) is 2.61. The zero-order valence-electron chi connectivity index (χ0n) is 14.5. The van der Waals surface area contributed by atoms with E-state index in [9.17, 15) is 14.4 Å². The summed E-state index contributed by atoms with van der Waals surface area (Å²) in [5.74, 6) is -2.57. The van der Waals surface area contributed by atoms with Gasteiger partial charge >= 0.3 is 5.97 Å². The van der Waals surface area contributed by atoms with Crippen LogP contribution in [-0.4, -0.2) is 30.0 Å². The first-order chi connectivity index (χ1) is 11.9. The molecule has 1 unspecified atom stereocenters. The Balaban J connectivity index is 2.12. The first kappa shape index (κ1) is 18.8. The van der Waals surface area contributed by atoms with E-state index in [0.717, 1.165) is 32.1 Å². The molecule has 136 valence electrons. The lowest BCUT2D eigenvalue weighted by atomic mass is 9.88. The number of carbonyl (C=O) groups is 3. The van der Waals surface area contributed by atoms with E-state index in [-0.39, 0.29) is 11.8 Å². The summed E-state index contributed by atoms with van der Waals surface area (Å²) < 4.78 is 5.26. The van der Waals surface area contributed by atoms with Gasteiger partial charge in [0.05, 0.1) is 12.8 Å². The molecule has 1 saturated carbocycles. The number of hydrogen-bond donors (Lipinski definition) is 3. The van der Waals surface area contributed by atoms with Crippen molar-refractivity contribution < 1.29 is 24.2 Å². The quantitative estimate of drug-likeness (QED) is 0.686. The monoisotopic (exact) mass is 348 g/mol. The topological polar surface area (TPSA) is 105 Å². The van der Waals surface area contributed by atoms with Crippen LogP contribution in [0.4, 0.5) is 11.4 Å². The molecule has 0 aliphatic heterocycles. The Labute approximate surface area is 146 Å². The van der Waals surface area contributed by atoms with Gasteiger partial charge in [0.2, 0.25) is 11.8 Å². The van der Waals surface area contributed by atoms with Crippen LogP contribution in [0.3, 0.4) is 0 Å². The third-order valence-corrected chi connectivity index (χ3v) is 4.46. The number of rotatable bonds is 6. The van der Waals surface area contributed by atoms with Gasteiger partial charge in [0, 0.05) is 11.6 Å². The molecule has 1 aliphatic rings. The number of carboxylic acids is 1. The maximum absolute atomic E-state index is 12.4. The van der Waals surface area contributed by atoms with Gasteiger partial charge in [0.25, 0.3) is 0 Å². The summed E-state index contributed by atoms with van der Waals surface area (Å²) in [7, 11) is 1.50. The molecule has 0 heterocycles. The first-order valence-corrected chi connectivity index (χ1v) is 8.45. The van der Waals surface area contributed by atoms with Crippen molar-refractivity contribution >= 4 is 29.2 Å². The fourth-order valence-electron chi connectivity index (χ4n) is 2.85. The fraction of sp³-hybridized carbons (Fsp3) is 0.500. The molecule has 2 amide bonds. The van der Waals surface area contributed by atoms with Crippen LogP contribution in [0.1, 0.15) is 39.0 Å². The van der Waals surface area contributed by atoms with Crippen LogP contribution in [0, 0.1) is 11.8 Å². The maximum atomic E-state index is 12.4. The van der Waals surface area contributed by atoms with Gasteiger partial charge in [-0.05, 0) is 38.0 Å². The zero-order valence-corrected chi connectivity index (χ0v) is 14.5. The van der Waals surface area contributed by atoms with Crippen LogP contribution in [0.2, 0.25) is 0 Å². The van der Waals surface area contributed by atoms with Crippen molar-refractivity contribution in [2.24, 2.45) is 11.8 Å². The van der Waals surface area contributed by atoms with Gasteiger partial charge in [-0.3, -0.25) is 14.4 Å². The Morgan fingerprint density at radius 2 is 1.84 bits per heavy atom. The van der Waals surface area contributed by atoms with E-state index in [4.69, 9.17) is 9.84 Å². The van der Waals surface area contributed by atoms with E-state index in [1.807, 2.05) is 0 Å². The summed E-state index contributed by atoms with van der Waals surface area (Å²) >= 11 is 0. The number of nitrogens with one attached hydrogen (secondary N) is 2. The van der Waals surface area contributed by atoms with Crippen molar-refractivity contribution in [1.29, 1.82) is 0 Å². The minimum absolute atomic E-state index is 0.0104. The molecule has 7 nitrogen and oxygen atoms in total. The van der Waals surface area contributed by atoms with Crippen LogP contribution in [0.15, 0.2) is 18.2 Å². The molecule has 1 atom stereocenters. The molecular formula is C18H24N2O5. The van der Waals surface area contributed by atoms with Gasteiger partial charge in [0.15, 0.2) is 0 Å². The lowest BCUT2D eigenvalue weighted by Crippen LogP contribution is -2.27. The second-order valence-corrected chi connectivity index (χ2v) is 6.29. The number of anilines is 2. The van der Waals surface area contributed by atoms with Crippen molar-refractivity contribution in [2.45, 2.75) is 39.0 Å². The van der Waals surface area contributed by atoms with Crippen LogP contribution in [0.5, 0.6) is 5.75 Å². The summed E-state index contributed by atoms with van der Waals surface area (Å²) in [6.07, 6.45) is 5.02. The van der Waals surface area contributed by atoms with Gasteiger partial charge in [0.1, 0.15) is 11.7 Å². The Kier molecular flexibility index (Phi) is 6.38. The fourth-order valence-corrected chi connectivity index (χ4v) is 2.85. The highest BCUT2D eigenvalue weighted by molar-refractivity contribution is 6.04. The zero-order chi connectivity index (χ0) is 18.4. The summed E-state index contributed by atoms with van der Waals surface area (Å²) in [4.78, 5) is 35.2. The molecule has 0 saturated heterocycles. The second kappa shape index (κ2) is 8.50. The molecular weight excluding hydrogens is 324 g/mol. The second-order valence-electron chi connectivity index (χ2n) is 6.29. The van der Waals surface area contributed by atoms with E-state index >= 15 is 0 Å². The van der Waals surface area contributed by atoms with Gasteiger partial charge in [-0.2, -0.15) is 0 Å². The molecule has 0 radical (unpaired) electrons. The maximum Gasteiger partial charge on any atom is 0.315 e. The van der Waals surface area contributed by atoms with E-state index in [1.54, 1.807) is 18.2 Å². The number of benzene rings is 1. The summed E-state index contributed by atoms with van der Waals surface area (Å²) in [5, 5.41) is 14.3. The first-order valence-electron chi connectivity index (χ1n) is 8.45. The Hall–Kier alpha value is -2.57. The molecule has 1 aliphatic carbocycles. The third-order valence-electron chi connectivity index (χ3n) is 4.46. The number of amides is 2. The smallest absolute Gasteiger partial charge is 0.315 e. The summed E-state index contributed by atoms with van der Waals surface area (Å²) in [5.41, 5.74) is 0.858. The van der Waals surface area contributed by atoms with Crippen molar-refractivity contribution in [3.63, 3.8) is 0 Å². The number of ether oxygens (including phenoxy) is 1. The molecule has 1 fully saturated rings.